The zero-order valence-corrected chi connectivity index (χ0v) is 12.5. The van der Waals surface area contributed by atoms with Gasteiger partial charge >= 0.3 is 0 Å². The van der Waals surface area contributed by atoms with Crippen molar-refractivity contribution in [1.82, 2.24) is 9.78 Å². The molecule has 0 N–H and O–H groups in total. The van der Waals surface area contributed by atoms with E-state index in [2.05, 4.69) is 41.6 Å². The van der Waals surface area contributed by atoms with E-state index < -0.39 is 0 Å². The predicted octanol–water partition coefficient (Wildman–Crippen LogP) is 3.32. The second-order valence-corrected chi connectivity index (χ2v) is 6.18. The van der Waals surface area contributed by atoms with Crippen LogP contribution in [0.15, 0.2) is 10.7 Å². The lowest BCUT2D eigenvalue weighted by atomic mass is 10.0. The Balaban J connectivity index is 2.20. The number of methoxy groups -OCH3 is 1. The molecule has 0 spiro atoms. The van der Waals surface area contributed by atoms with Crippen molar-refractivity contribution in [3.05, 3.63) is 16.4 Å². The van der Waals surface area contributed by atoms with Crippen LogP contribution in [0.2, 0.25) is 0 Å². The average molecular weight is 352 g/mol. The Kier molecular flexibility index (Phi) is 4.44. The summed E-state index contributed by atoms with van der Waals surface area (Å²) in [5, 5.41) is 4.40. The molecule has 3 nitrogen and oxygen atoms in total. The SMILES string of the molecule is COCCn1ncc(Br)c1C1CCCC1Br. The average Bonchev–Trinajstić information content (AvgIpc) is 2.82. The highest BCUT2D eigenvalue weighted by Crippen LogP contribution is 2.41. The molecule has 16 heavy (non-hydrogen) atoms. The van der Waals surface area contributed by atoms with Crippen LogP contribution in [0, 0.1) is 0 Å². The molecule has 1 saturated carbocycles. The van der Waals surface area contributed by atoms with Gasteiger partial charge in [-0.2, -0.15) is 5.10 Å². The van der Waals surface area contributed by atoms with Crippen LogP contribution in [-0.4, -0.2) is 28.3 Å². The standard InChI is InChI=1S/C11H16Br2N2O/c1-16-6-5-15-11(10(13)7-14-15)8-3-2-4-9(8)12/h7-9H,2-6H2,1H3. The maximum atomic E-state index is 5.11. The van der Waals surface area contributed by atoms with Crippen molar-refractivity contribution in [2.45, 2.75) is 36.6 Å². The van der Waals surface area contributed by atoms with Gasteiger partial charge in [-0.05, 0) is 28.8 Å². The van der Waals surface area contributed by atoms with Crippen LogP contribution in [0.3, 0.4) is 0 Å². The molecule has 2 atom stereocenters. The first-order valence-corrected chi connectivity index (χ1v) is 7.29. The third-order valence-electron chi connectivity index (χ3n) is 3.12. The van der Waals surface area contributed by atoms with Crippen LogP contribution in [0.5, 0.6) is 0 Å². The number of hydrogen-bond acceptors (Lipinski definition) is 2. The summed E-state index contributed by atoms with van der Waals surface area (Å²) < 4.78 is 8.30. The van der Waals surface area contributed by atoms with Gasteiger partial charge in [0.1, 0.15) is 0 Å². The summed E-state index contributed by atoms with van der Waals surface area (Å²) in [4.78, 5) is 0.585. The number of nitrogens with zero attached hydrogens (tertiary/aromatic N) is 2. The zero-order valence-electron chi connectivity index (χ0n) is 9.33. The van der Waals surface area contributed by atoms with Crippen LogP contribution in [0.25, 0.3) is 0 Å². The molecule has 1 aromatic rings. The minimum Gasteiger partial charge on any atom is -0.383 e. The van der Waals surface area contributed by atoms with Crippen molar-refractivity contribution >= 4 is 31.9 Å². The largest absolute Gasteiger partial charge is 0.383 e. The topological polar surface area (TPSA) is 27.1 Å². The highest BCUT2D eigenvalue weighted by atomic mass is 79.9. The third-order valence-corrected chi connectivity index (χ3v) is 4.83. The Morgan fingerprint density at radius 1 is 1.56 bits per heavy atom. The van der Waals surface area contributed by atoms with Crippen molar-refractivity contribution in [2.75, 3.05) is 13.7 Å². The maximum Gasteiger partial charge on any atom is 0.0658 e. The molecule has 0 aliphatic heterocycles. The zero-order chi connectivity index (χ0) is 11.5. The Hall–Kier alpha value is 0.130. The number of alkyl halides is 1. The van der Waals surface area contributed by atoms with Crippen molar-refractivity contribution in [1.29, 1.82) is 0 Å². The Morgan fingerprint density at radius 3 is 3.00 bits per heavy atom. The fourth-order valence-corrected chi connectivity index (χ4v) is 3.75. The fourth-order valence-electron chi connectivity index (χ4n) is 2.32. The normalized spacial score (nSPS) is 25.2. The summed E-state index contributed by atoms with van der Waals surface area (Å²) in [5.41, 5.74) is 1.32. The van der Waals surface area contributed by atoms with Gasteiger partial charge in [0.2, 0.25) is 0 Å². The molecule has 0 aromatic carbocycles. The number of halogens is 2. The van der Waals surface area contributed by atoms with Crippen LogP contribution < -0.4 is 0 Å². The smallest absolute Gasteiger partial charge is 0.0658 e. The van der Waals surface area contributed by atoms with E-state index >= 15 is 0 Å². The molecule has 0 radical (unpaired) electrons. The summed E-state index contributed by atoms with van der Waals surface area (Å²) in [6.45, 7) is 1.54. The van der Waals surface area contributed by atoms with E-state index in [1.807, 2.05) is 6.20 Å². The molecule has 1 aliphatic carbocycles. The Morgan fingerprint density at radius 2 is 2.38 bits per heavy atom. The third kappa shape index (κ3) is 2.51. The second-order valence-electron chi connectivity index (χ2n) is 4.15. The lowest BCUT2D eigenvalue weighted by Crippen LogP contribution is -2.15. The molecule has 0 bridgehead atoms. The summed E-state index contributed by atoms with van der Waals surface area (Å²) in [7, 11) is 1.72. The highest BCUT2D eigenvalue weighted by molar-refractivity contribution is 9.10. The highest BCUT2D eigenvalue weighted by Gasteiger charge is 2.30. The van der Waals surface area contributed by atoms with Gasteiger partial charge in [0.05, 0.1) is 29.5 Å². The van der Waals surface area contributed by atoms with E-state index in [4.69, 9.17) is 4.74 Å². The lowest BCUT2D eigenvalue weighted by Gasteiger charge is -2.17. The Bertz CT molecular complexity index is 354. The molecule has 1 aliphatic rings. The van der Waals surface area contributed by atoms with Crippen LogP contribution in [0.4, 0.5) is 0 Å². The molecule has 0 saturated heterocycles. The van der Waals surface area contributed by atoms with Gasteiger partial charge in [-0.1, -0.05) is 22.4 Å². The van der Waals surface area contributed by atoms with Crippen molar-refractivity contribution < 1.29 is 4.74 Å². The van der Waals surface area contributed by atoms with Gasteiger partial charge in [0.25, 0.3) is 0 Å². The summed E-state index contributed by atoms with van der Waals surface area (Å²) >= 11 is 7.37. The first-order valence-electron chi connectivity index (χ1n) is 5.58. The van der Waals surface area contributed by atoms with Crippen molar-refractivity contribution in [3.8, 4) is 0 Å². The van der Waals surface area contributed by atoms with E-state index in [1.165, 1.54) is 25.0 Å². The Labute approximate surface area is 113 Å². The molecule has 5 heteroatoms. The van der Waals surface area contributed by atoms with E-state index in [9.17, 15) is 0 Å². The van der Waals surface area contributed by atoms with Gasteiger partial charge in [-0.3, -0.25) is 4.68 Å². The molecule has 0 amide bonds. The number of ether oxygens (including phenoxy) is 1. The minimum atomic E-state index is 0.578. The van der Waals surface area contributed by atoms with Gasteiger partial charge in [0.15, 0.2) is 0 Å². The summed E-state index contributed by atoms with van der Waals surface area (Å²) in [6.07, 6.45) is 5.69. The molecular weight excluding hydrogens is 336 g/mol. The first kappa shape index (κ1) is 12.6. The molecule has 1 aromatic heterocycles. The molecule has 2 rings (SSSR count). The molecular formula is C11H16Br2N2O. The number of aromatic nitrogens is 2. The summed E-state index contributed by atoms with van der Waals surface area (Å²) in [5.74, 6) is 0.578. The van der Waals surface area contributed by atoms with Crippen LogP contribution in [-0.2, 0) is 11.3 Å². The first-order chi connectivity index (χ1) is 7.74. The van der Waals surface area contributed by atoms with E-state index in [0.29, 0.717) is 17.4 Å². The second kappa shape index (κ2) is 5.65. The van der Waals surface area contributed by atoms with Gasteiger partial charge in [0, 0.05) is 17.9 Å². The quantitative estimate of drug-likeness (QED) is 0.778. The molecule has 2 unspecified atom stereocenters. The van der Waals surface area contributed by atoms with Gasteiger partial charge in [-0.15, -0.1) is 0 Å². The number of rotatable bonds is 4. The van der Waals surface area contributed by atoms with Crippen molar-refractivity contribution in [3.63, 3.8) is 0 Å². The summed E-state index contributed by atoms with van der Waals surface area (Å²) in [6, 6.07) is 0. The maximum absolute atomic E-state index is 5.11. The molecule has 1 heterocycles. The lowest BCUT2D eigenvalue weighted by molar-refractivity contribution is 0.182. The minimum absolute atomic E-state index is 0.578. The molecule has 1 fully saturated rings. The fraction of sp³-hybridized carbons (Fsp3) is 0.727. The number of hydrogen-bond donors (Lipinski definition) is 0. The van der Waals surface area contributed by atoms with E-state index in [0.717, 1.165) is 11.0 Å². The van der Waals surface area contributed by atoms with E-state index in [1.54, 1.807) is 7.11 Å². The van der Waals surface area contributed by atoms with E-state index in [-0.39, 0.29) is 0 Å². The molecule has 90 valence electrons. The van der Waals surface area contributed by atoms with Crippen molar-refractivity contribution in [2.24, 2.45) is 0 Å². The monoisotopic (exact) mass is 350 g/mol. The van der Waals surface area contributed by atoms with Crippen LogP contribution >= 0.6 is 31.9 Å². The van der Waals surface area contributed by atoms with Gasteiger partial charge in [-0.25, -0.2) is 0 Å². The van der Waals surface area contributed by atoms with Crippen LogP contribution in [0.1, 0.15) is 30.9 Å². The predicted molar refractivity (Wildman–Crippen MR) is 71.1 cm³/mol. The van der Waals surface area contributed by atoms with Gasteiger partial charge < -0.3 is 4.74 Å².